The van der Waals surface area contributed by atoms with Crippen LogP contribution < -0.4 is 4.74 Å². The van der Waals surface area contributed by atoms with Crippen molar-refractivity contribution in [3.8, 4) is 5.75 Å². The Morgan fingerprint density at radius 2 is 1.94 bits per heavy atom. The van der Waals surface area contributed by atoms with Gasteiger partial charge in [-0.15, -0.1) is 0 Å². The molecule has 0 aliphatic rings. The number of ether oxygens (including phenoxy) is 2. The summed E-state index contributed by atoms with van der Waals surface area (Å²) in [6.45, 7) is 5.94. The van der Waals surface area contributed by atoms with Crippen LogP contribution in [0.1, 0.15) is 38.4 Å². The zero-order valence-corrected chi connectivity index (χ0v) is 10.7. The van der Waals surface area contributed by atoms with E-state index in [1.165, 1.54) is 0 Å². The Hall–Kier alpha value is -1.06. The van der Waals surface area contributed by atoms with Gasteiger partial charge < -0.3 is 14.6 Å². The van der Waals surface area contributed by atoms with Crippen LogP contribution in [-0.2, 0) is 4.74 Å². The summed E-state index contributed by atoms with van der Waals surface area (Å²) >= 11 is 0. The van der Waals surface area contributed by atoms with Crippen LogP contribution in [0.15, 0.2) is 24.3 Å². The highest BCUT2D eigenvalue weighted by molar-refractivity contribution is 5.34. The molecule has 0 aliphatic heterocycles. The number of para-hydroxylation sites is 1. The molecule has 1 atom stereocenters. The Labute approximate surface area is 103 Å². The van der Waals surface area contributed by atoms with Gasteiger partial charge in [0.05, 0.1) is 12.7 Å². The third-order valence-corrected chi connectivity index (χ3v) is 2.46. The molecule has 0 spiro atoms. The molecule has 0 aromatic heterocycles. The van der Waals surface area contributed by atoms with Crippen LogP contribution in [0.2, 0.25) is 0 Å². The molecular formula is C14H22O3. The van der Waals surface area contributed by atoms with E-state index in [0.29, 0.717) is 19.6 Å². The first kappa shape index (κ1) is 14.0. The minimum absolute atomic E-state index is 0.519. The quantitative estimate of drug-likeness (QED) is 0.708. The molecular weight excluding hydrogens is 216 g/mol. The van der Waals surface area contributed by atoms with Crippen LogP contribution in [0, 0.1) is 0 Å². The molecule has 17 heavy (non-hydrogen) atoms. The predicted octanol–water partition coefficient (Wildman–Crippen LogP) is 2.94. The standard InChI is InChI=1S/C14H22O3/c1-3-10-16-11-9-13(15)12-7-5-6-8-14(12)17-4-2/h5-8,13,15H,3-4,9-11H2,1-2H3. The highest BCUT2D eigenvalue weighted by Gasteiger charge is 2.12. The molecule has 1 N–H and O–H groups in total. The first-order valence-corrected chi connectivity index (χ1v) is 6.27. The molecule has 1 aromatic carbocycles. The Morgan fingerprint density at radius 3 is 2.65 bits per heavy atom. The van der Waals surface area contributed by atoms with Gasteiger partial charge in [0.25, 0.3) is 0 Å². The molecule has 0 amide bonds. The Bertz CT molecular complexity index is 312. The number of hydrogen-bond acceptors (Lipinski definition) is 3. The third kappa shape index (κ3) is 4.75. The van der Waals surface area contributed by atoms with Crippen molar-refractivity contribution in [1.29, 1.82) is 0 Å². The fraction of sp³-hybridized carbons (Fsp3) is 0.571. The van der Waals surface area contributed by atoms with E-state index < -0.39 is 6.10 Å². The van der Waals surface area contributed by atoms with E-state index in [9.17, 15) is 5.11 Å². The number of benzene rings is 1. The summed E-state index contributed by atoms with van der Waals surface area (Å²) in [5.74, 6) is 0.762. The Kier molecular flexibility index (Phi) is 6.67. The molecule has 0 bridgehead atoms. The van der Waals surface area contributed by atoms with E-state index in [1.54, 1.807) is 0 Å². The lowest BCUT2D eigenvalue weighted by Crippen LogP contribution is -2.06. The molecule has 1 rings (SSSR count). The largest absolute Gasteiger partial charge is 0.493 e. The summed E-state index contributed by atoms with van der Waals surface area (Å²) in [6.07, 6.45) is 1.09. The van der Waals surface area contributed by atoms with Crippen LogP contribution in [0.25, 0.3) is 0 Å². The van der Waals surface area contributed by atoms with Gasteiger partial charge in [0.15, 0.2) is 0 Å². The summed E-state index contributed by atoms with van der Waals surface area (Å²) in [6, 6.07) is 7.60. The highest BCUT2D eigenvalue weighted by atomic mass is 16.5. The number of hydrogen-bond donors (Lipinski definition) is 1. The lowest BCUT2D eigenvalue weighted by molar-refractivity contribution is 0.0808. The first-order chi connectivity index (χ1) is 8.29. The summed E-state index contributed by atoms with van der Waals surface area (Å²) in [4.78, 5) is 0. The minimum atomic E-state index is -0.519. The average molecular weight is 238 g/mol. The van der Waals surface area contributed by atoms with Crippen LogP contribution in [-0.4, -0.2) is 24.9 Å². The average Bonchev–Trinajstić information content (AvgIpc) is 2.35. The molecule has 3 heteroatoms. The molecule has 0 radical (unpaired) electrons. The number of aliphatic hydroxyl groups excluding tert-OH is 1. The molecule has 96 valence electrons. The maximum Gasteiger partial charge on any atom is 0.125 e. The van der Waals surface area contributed by atoms with Gasteiger partial charge in [0.2, 0.25) is 0 Å². The van der Waals surface area contributed by atoms with Crippen LogP contribution >= 0.6 is 0 Å². The first-order valence-electron chi connectivity index (χ1n) is 6.27. The van der Waals surface area contributed by atoms with Crippen molar-refractivity contribution in [2.45, 2.75) is 32.8 Å². The molecule has 0 saturated carbocycles. The van der Waals surface area contributed by atoms with E-state index in [-0.39, 0.29) is 0 Å². The van der Waals surface area contributed by atoms with E-state index in [1.807, 2.05) is 31.2 Å². The van der Waals surface area contributed by atoms with E-state index >= 15 is 0 Å². The van der Waals surface area contributed by atoms with Gasteiger partial charge in [-0.2, -0.15) is 0 Å². The summed E-state index contributed by atoms with van der Waals surface area (Å²) in [5.41, 5.74) is 0.842. The zero-order chi connectivity index (χ0) is 12.5. The SMILES string of the molecule is CCCOCCC(O)c1ccccc1OCC. The van der Waals surface area contributed by atoms with Crippen LogP contribution in [0.3, 0.4) is 0 Å². The lowest BCUT2D eigenvalue weighted by atomic mass is 10.1. The van der Waals surface area contributed by atoms with Gasteiger partial charge in [0.1, 0.15) is 5.75 Å². The van der Waals surface area contributed by atoms with Crippen LogP contribution in [0.5, 0.6) is 5.75 Å². The van der Waals surface area contributed by atoms with Crippen molar-refractivity contribution in [3.05, 3.63) is 29.8 Å². The third-order valence-electron chi connectivity index (χ3n) is 2.46. The minimum Gasteiger partial charge on any atom is -0.493 e. The molecule has 3 nitrogen and oxygen atoms in total. The Morgan fingerprint density at radius 1 is 1.18 bits per heavy atom. The second-order valence-electron chi connectivity index (χ2n) is 3.89. The molecule has 0 saturated heterocycles. The second-order valence-corrected chi connectivity index (χ2v) is 3.89. The van der Waals surface area contributed by atoms with E-state index in [4.69, 9.17) is 9.47 Å². The van der Waals surface area contributed by atoms with Gasteiger partial charge in [-0.1, -0.05) is 25.1 Å². The van der Waals surface area contributed by atoms with Crippen LogP contribution in [0.4, 0.5) is 0 Å². The highest BCUT2D eigenvalue weighted by Crippen LogP contribution is 2.26. The smallest absolute Gasteiger partial charge is 0.125 e. The van der Waals surface area contributed by atoms with Gasteiger partial charge >= 0.3 is 0 Å². The van der Waals surface area contributed by atoms with Crippen molar-refractivity contribution in [2.75, 3.05) is 19.8 Å². The molecule has 0 fully saturated rings. The molecule has 0 heterocycles. The monoisotopic (exact) mass is 238 g/mol. The normalized spacial score (nSPS) is 12.4. The van der Waals surface area contributed by atoms with Crippen molar-refractivity contribution in [3.63, 3.8) is 0 Å². The van der Waals surface area contributed by atoms with Crippen molar-refractivity contribution >= 4 is 0 Å². The summed E-state index contributed by atoms with van der Waals surface area (Å²) < 4.78 is 10.9. The number of rotatable bonds is 8. The molecule has 1 unspecified atom stereocenters. The maximum atomic E-state index is 10.1. The van der Waals surface area contributed by atoms with Gasteiger partial charge in [-0.3, -0.25) is 0 Å². The summed E-state index contributed by atoms with van der Waals surface area (Å²) in [5, 5.41) is 10.1. The van der Waals surface area contributed by atoms with Gasteiger partial charge in [-0.05, 0) is 19.4 Å². The fourth-order valence-corrected chi connectivity index (χ4v) is 1.64. The molecule has 0 aliphatic carbocycles. The predicted molar refractivity (Wildman–Crippen MR) is 68.3 cm³/mol. The molecule has 1 aromatic rings. The van der Waals surface area contributed by atoms with Crippen molar-refractivity contribution in [2.24, 2.45) is 0 Å². The second kappa shape index (κ2) is 8.09. The number of aliphatic hydroxyl groups is 1. The van der Waals surface area contributed by atoms with E-state index in [0.717, 1.165) is 24.3 Å². The van der Waals surface area contributed by atoms with Crippen molar-refractivity contribution < 1.29 is 14.6 Å². The van der Waals surface area contributed by atoms with E-state index in [2.05, 4.69) is 6.92 Å². The van der Waals surface area contributed by atoms with Gasteiger partial charge in [-0.25, -0.2) is 0 Å². The Balaban J connectivity index is 2.52. The fourth-order valence-electron chi connectivity index (χ4n) is 1.64. The van der Waals surface area contributed by atoms with Gasteiger partial charge in [0, 0.05) is 25.2 Å². The zero-order valence-electron chi connectivity index (χ0n) is 10.7. The summed E-state index contributed by atoms with van der Waals surface area (Å²) in [7, 11) is 0. The van der Waals surface area contributed by atoms with Crippen molar-refractivity contribution in [1.82, 2.24) is 0 Å². The maximum absolute atomic E-state index is 10.1. The lowest BCUT2D eigenvalue weighted by Gasteiger charge is -2.15. The topological polar surface area (TPSA) is 38.7 Å².